The number of quaternary nitrogens is 1. The van der Waals surface area contributed by atoms with Crippen LogP contribution in [-0.2, 0) is 0 Å². The number of carboxylic acids is 1. The molecule has 1 rings (SSSR count). The lowest BCUT2D eigenvalue weighted by molar-refractivity contribution is -0.827. The monoisotopic (exact) mass is 200 g/mol. The molecule has 0 spiro atoms. The average molecular weight is 200 g/mol. The van der Waals surface area contributed by atoms with E-state index in [-0.39, 0.29) is 5.56 Å². The molecule has 0 saturated carbocycles. The molecule has 0 saturated heterocycles. The van der Waals surface area contributed by atoms with Crippen molar-refractivity contribution in [2.45, 2.75) is 4.90 Å². The summed E-state index contributed by atoms with van der Waals surface area (Å²) >= 11 is 1.46. The Bertz CT molecular complexity index is 327. The zero-order valence-corrected chi connectivity index (χ0v) is 7.84. The highest BCUT2D eigenvalue weighted by molar-refractivity contribution is 7.98. The molecule has 13 heavy (non-hydrogen) atoms. The number of thioether (sulfide) groups is 1. The molecular formula is C8H10NO3S+. The van der Waals surface area contributed by atoms with Crippen LogP contribution in [0.3, 0.4) is 0 Å². The highest BCUT2D eigenvalue weighted by Crippen LogP contribution is 2.22. The van der Waals surface area contributed by atoms with Crippen LogP contribution in [0, 0.1) is 0 Å². The Kier molecular flexibility index (Phi) is 3.30. The largest absolute Gasteiger partial charge is 0.478 e. The van der Waals surface area contributed by atoms with Crippen molar-refractivity contribution in [2.24, 2.45) is 0 Å². The molecule has 0 aliphatic carbocycles. The minimum Gasteiger partial charge on any atom is -0.478 e. The SMILES string of the molecule is CSc1ccc(C(=O)O)cc1[NH2+]O. The van der Waals surface area contributed by atoms with E-state index in [9.17, 15) is 4.79 Å². The van der Waals surface area contributed by atoms with Gasteiger partial charge in [-0.2, -0.15) is 5.48 Å². The predicted molar refractivity (Wildman–Crippen MR) is 48.6 cm³/mol. The van der Waals surface area contributed by atoms with Crippen molar-refractivity contribution in [3.8, 4) is 0 Å². The van der Waals surface area contributed by atoms with E-state index in [2.05, 4.69) is 0 Å². The molecule has 0 fully saturated rings. The van der Waals surface area contributed by atoms with E-state index in [1.54, 1.807) is 6.07 Å². The van der Waals surface area contributed by atoms with Gasteiger partial charge in [0.25, 0.3) is 0 Å². The summed E-state index contributed by atoms with van der Waals surface area (Å²) in [6.45, 7) is 0. The van der Waals surface area contributed by atoms with Gasteiger partial charge >= 0.3 is 5.97 Å². The predicted octanol–water partition coefficient (Wildman–Crippen LogP) is 0.691. The summed E-state index contributed by atoms with van der Waals surface area (Å²) in [6.07, 6.45) is 1.86. The summed E-state index contributed by atoms with van der Waals surface area (Å²) in [5.41, 5.74) is 1.63. The number of hydrogen-bond acceptors (Lipinski definition) is 3. The van der Waals surface area contributed by atoms with Crippen molar-refractivity contribution in [1.82, 2.24) is 0 Å². The summed E-state index contributed by atoms with van der Waals surface area (Å²) < 4.78 is 0. The van der Waals surface area contributed by atoms with Crippen LogP contribution in [0.4, 0.5) is 5.69 Å². The van der Waals surface area contributed by atoms with E-state index in [1.807, 2.05) is 6.26 Å². The zero-order valence-electron chi connectivity index (χ0n) is 7.02. The first-order valence-corrected chi connectivity index (χ1v) is 4.80. The Hall–Kier alpha value is -1.04. The molecule has 0 bridgehead atoms. The molecule has 0 aromatic heterocycles. The van der Waals surface area contributed by atoms with Gasteiger partial charge in [0.05, 0.1) is 10.5 Å². The van der Waals surface area contributed by atoms with Gasteiger partial charge in [-0.3, -0.25) is 0 Å². The second kappa shape index (κ2) is 4.27. The Labute approximate surface area is 79.5 Å². The molecule has 5 heteroatoms. The average Bonchev–Trinajstić information content (AvgIpc) is 2.16. The van der Waals surface area contributed by atoms with Crippen molar-refractivity contribution >= 4 is 23.4 Å². The van der Waals surface area contributed by atoms with Crippen LogP contribution < -0.4 is 5.48 Å². The number of carbonyl (C=O) groups is 1. The summed E-state index contributed by atoms with van der Waals surface area (Å²) in [5, 5.41) is 17.5. The third kappa shape index (κ3) is 2.21. The van der Waals surface area contributed by atoms with Gasteiger partial charge in [0.2, 0.25) is 0 Å². The van der Waals surface area contributed by atoms with Crippen LogP contribution in [0.1, 0.15) is 10.4 Å². The lowest BCUT2D eigenvalue weighted by Gasteiger charge is -2.01. The quantitative estimate of drug-likeness (QED) is 0.381. The molecule has 0 unspecified atom stereocenters. The molecular weight excluding hydrogens is 190 g/mol. The maximum absolute atomic E-state index is 10.6. The van der Waals surface area contributed by atoms with Crippen molar-refractivity contribution in [1.29, 1.82) is 0 Å². The fraction of sp³-hybridized carbons (Fsp3) is 0.125. The number of aromatic carboxylic acids is 1. The number of nitrogens with two attached hydrogens (primary N) is 1. The van der Waals surface area contributed by atoms with Gasteiger partial charge < -0.3 is 5.11 Å². The van der Waals surface area contributed by atoms with E-state index >= 15 is 0 Å². The summed E-state index contributed by atoms with van der Waals surface area (Å²) in [5.74, 6) is -0.990. The maximum Gasteiger partial charge on any atom is 0.335 e. The molecule has 0 atom stereocenters. The second-order valence-corrected chi connectivity index (χ2v) is 3.24. The van der Waals surface area contributed by atoms with Crippen LogP contribution in [0.25, 0.3) is 0 Å². The van der Waals surface area contributed by atoms with Crippen LogP contribution in [0.2, 0.25) is 0 Å². The van der Waals surface area contributed by atoms with E-state index < -0.39 is 5.97 Å². The topological polar surface area (TPSA) is 74.1 Å². The van der Waals surface area contributed by atoms with E-state index in [1.165, 1.54) is 23.9 Å². The smallest absolute Gasteiger partial charge is 0.335 e. The van der Waals surface area contributed by atoms with Crippen molar-refractivity contribution in [3.63, 3.8) is 0 Å². The number of carboxylic acid groups (broad SMARTS) is 1. The van der Waals surface area contributed by atoms with Gasteiger partial charge in [-0.05, 0) is 18.4 Å². The molecule has 1 aromatic rings. The second-order valence-electron chi connectivity index (χ2n) is 2.39. The first kappa shape index (κ1) is 10.0. The third-order valence-corrected chi connectivity index (χ3v) is 2.43. The summed E-state index contributed by atoms with van der Waals surface area (Å²) in [7, 11) is 0. The van der Waals surface area contributed by atoms with Gasteiger partial charge in [-0.15, -0.1) is 11.8 Å². The van der Waals surface area contributed by atoms with Crippen LogP contribution in [0.5, 0.6) is 0 Å². The molecule has 4 nitrogen and oxygen atoms in total. The molecule has 0 aliphatic heterocycles. The number of benzene rings is 1. The first-order chi connectivity index (χ1) is 6.19. The van der Waals surface area contributed by atoms with Gasteiger partial charge in [0, 0.05) is 6.07 Å². The molecule has 0 heterocycles. The Morgan fingerprint density at radius 1 is 1.54 bits per heavy atom. The van der Waals surface area contributed by atoms with Gasteiger partial charge in [-0.1, -0.05) is 0 Å². The number of rotatable bonds is 3. The highest BCUT2D eigenvalue weighted by Gasteiger charge is 2.09. The van der Waals surface area contributed by atoms with Crippen LogP contribution >= 0.6 is 11.8 Å². The van der Waals surface area contributed by atoms with Gasteiger partial charge in [-0.25, -0.2) is 10.0 Å². The molecule has 70 valence electrons. The lowest BCUT2D eigenvalue weighted by Crippen LogP contribution is -2.74. The van der Waals surface area contributed by atoms with Gasteiger partial charge in [0.15, 0.2) is 5.69 Å². The summed E-state index contributed by atoms with van der Waals surface area (Å²) in [4.78, 5) is 11.4. The van der Waals surface area contributed by atoms with Crippen LogP contribution in [0.15, 0.2) is 23.1 Å². The van der Waals surface area contributed by atoms with Crippen molar-refractivity contribution < 1.29 is 20.6 Å². The fourth-order valence-corrected chi connectivity index (χ4v) is 1.52. The Balaban J connectivity index is 3.13. The summed E-state index contributed by atoms with van der Waals surface area (Å²) in [6, 6.07) is 4.63. The molecule has 1 aromatic carbocycles. The van der Waals surface area contributed by atoms with E-state index in [0.29, 0.717) is 5.69 Å². The minimum absolute atomic E-state index is 0.179. The zero-order chi connectivity index (χ0) is 9.84. The molecule has 0 radical (unpaired) electrons. The molecule has 0 aliphatic rings. The molecule has 4 N–H and O–H groups in total. The molecule has 0 amide bonds. The van der Waals surface area contributed by atoms with Crippen LogP contribution in [-0.4, -0.2) is 22.5 Å². The minimum atomic E-state index is -0.990. The van der Waals surface area contributed by atoms with Gasteiger partial charge in [0.1, 0.15) is 0 Å². The first-order valence-electron chi connectivity index (χ1n) is 3.58. The van der Waals surface area contributed by atoms with E-state index in [0.717, 1.165) is 10.4 Å². The highest BCUT2D eigenvalue weighted by atomic mass is 32.2. The number of hydrogen-bond donors (Lipinski definition) is 3. The fourth-order valence-electron chi connectivity index (χ4n) is 0.968. The van der Waals surface area contributed by atoms with E-state index in [4.69, 9.17) is 10.3 Å². The Morgan fingerprint density at radius 3 is 2.69 bits per heavy atom. The third-order valence-electron chi connectivity index (χ3n) is 1.62. The van der Waals surface area contributed by atoms with Crippen molar-refractivity contribution in [2.75, 3.05) is 6.26 Å². The van der Waals surface area contributed by atoms with Crippen molar-refractivity contribution in [3.05, 3.63) is 23.8 Å². The standard InChI is InChI=1S/C8H9NO3S/c1-13-7-3-2-5(8(10)11)4-6(7)9-12/h2-4,9,12H,1H3,(H,10,11)/p+1. The lowest BCUT2D eigenvalue weighted by atomic mass is 10.2. The Morgan fingerprint density at radius 2 is 2.23 bits per heavy atom. The maximum atomic E-state index is 10.6. The normalized spacial score (nSPS) is 10.0.